The first-order chi connectivity index (χ1) is 16.3. The van der Waals surface area contributed by atoms with Crippen LogP contribution in [0.1, 0.15) is 31.7 Å². The lowest BCUT2D eigenvalue weighted by Crippen LogP contribution is -2.28. The summed E-state index contributed by atoms with van der Waals surface area (Å²) in [6.45, 7) is 5.72. The number of benzene rings is 2. The molecule has 10 heteroatoms. The van der Waals surface area contributed by atoms with Gasteiger partial charge in [-0.25, -0.2) is 13.1 Å². The molecule has 2 N–H and O–H groups in total. The van der Waals surface area contributed by atoms with Gasteiger partial charge in [0.2, 0.25) is 10.0 Å². The zero-order valence-corrected chi connectivity index (χ0v) is 20.3. The Kier molecular flexibility index (Phi) is 8.89. The number of hydrogen-bond donors (Lipinski definition) is 2. The minimum Gasteiger partial charge on any atom is -0.494 e. The Morgan fingerprint density at radius 3 is 2.41 bits per heavy atom. The number of rotatable bonds is 11. The lowest BCUT2D eigenvalue weighted by atomic mass is 10.1. The van der Waals surface area contributed by atoms with Gasteiger partial charge >= 0.3 is 5.97 Å². The van der Waals surface area contributed by atoms with Crippen molar-refractivity contribution in [3.05, 3.63) is 48.0 Å². The van der Waals surface area contributed by atoms with Crippen LogP contribution in [0.15, 0.2) is 47.4 Å². The van der Waals surface area contributed by atoms with E-state index in [1.807, 2.05) is 32.0 Å². The Bertz CT molecular complexity index is 1100. The molecule has 0 aliphatic carbocycles. The average Bonchev–Trinajstić information content (AvgIpc) is 3.35. The molecule has 0 aromatic heterocycles. The van der Waals surface area contributed by atoms with E-state index in [1.54, 1.807) is 12.1 Å². The van der Waals surface area contributed by atoms with E-state index >= 15 is 0 Å². The molecule has 1 aliphatic rings. The molecule has 34 heavy (non-hydrogen) atoms. The Hall–Kier alpha value is -3.11. The fourth-order valence-corrected chi connectivity index (χ4v) is 4.65. The summed E-state index contributed by atoms with van der Waals surface area (Å²) in [6, 6.07) is 11.8. The second kappa shape index (κ2) is 11.8. The molecule has 0 radical (unpaired) electrons. The molecule has 1 heterocycles. The highest BCUT2D eigenvalue weighted by Crippen LogP contribution is 2.25. The molecule has 2 aromatic carbocycles. The normalized spacial score (nSPS) is 13.5. The van der Waals surface area contributed by atoms with Crippen molar-refractivity contribution in [1.29, 1.82) is 0 Å². The Balaban J connectivity index is 1.40. The van der Waals surface area contributed by atoms with Crippen molar-refractivity contribution in [3.8, 4) is 5.75 Å². The van der Waals surface area contributed by atoms with E-state index in [-0.39, 0.29) is 17.9 Å². The Labute approximate surface area is 200 Å². The van der Waals surface area contributed by atoms with Crippen molar-refractivity contribution in [3.63, 3.8) is 0 Å². The number of carbonyl (C=O) groups is 2. The van der Waals surface area contributed by atoms with Crippen LogP contribution < -0.4 is 19.7 Å². The van der Waals surface area contributed by atoms with Crippen LogP contribution >= 0.6 is 0 Å². The molecule has 2 aromatic rings. The first-order valence-electron chi connectivity index (χ1n) is 11.3. The molecule has 1 saturated heterocycles. The smallest absolute Gasteiger partial charge is 0.307 e. The first-order valence-corrected chi connectivity index (χ1v) is 12.8. The van der Waals surface area contributed by atoms with Gasteiger partial charge in [0, 0.05) is 31.0 Å². The van der Waals surface area contributed by atoms with Crippen molar-refractivity contribution in [1.82, 2.24) is 4.72 Å². The van der Waals surface area contributed by atoms with Crippen LogP contribution in [0.5, 0.6) is 5.75 Å². The SMILES string of the molecule is CCOc1ccc(S(=O)(=O)NCCC(=O)OCC(=O)Nc2ccc(N3CCCC3)cc2C)cc1. The van der Waals surface area contributed by atoms with Crippen molar-refractivity contribution < 1.29 is 27.5 Å². The van der Waals surface area contributed by atoms with Gasteiger partial charge in [0.15, 0.2) is 6.61 Å². The summed E-state index contributed by atoms with van der Waals surface area (Å²) in [5.41, 5.74) is 2.71. The highest BCUT2D eigenvalue weighted by Gasteiger charge is 2.16. The van der Waals surface area contributed by atoms with Gasteiger partial charge in [-0.3, -0.25) is 9.59 Å². The first kappa shape index (κ1) is 25.5. The molecule has 184 valence electrons. The molecule has 1 fully saturated rings. The van der Waals surface area contributed by atoms with Gasteiger partial charge in [0.25, 0.3) is 5.91 Å². The maximum Gasteiger partial charge on any atom is 0.307 e. The predicted molar refractivity (Wildman–Crippen MR) is 130 cm³/mol. The minimum absolute atomic E-state index is 0.0646. The highest BCUT2D eigenvalue weighted by atomic mass is 32.2. The van der Waals surface area contributed by atoms with Crippen molar-refractivity contribution in [2.24, 2.45) is 0 Å². The summed E-state index contributed by atoms with van der Waals surface area (Å²) < 4.78 is 37.3. The summed E-state index contributed by atoms with van der Waals surface area (Å²) in [5.74, 6) is -0.563. The van der Waals surface area contributed by atoms with Crippen LogP contribution in [0.4, 0.5) is 11.4 Å². The molecule has 0 unspecified atom stereocenters. The number of esters is 1. The summed E-state index contributed by atoms with van der Waals surface area (Å²) in [4.78, 5) is 26.5. The van der Waals surface area contributed by atoms with Crippen molar-refractivity contribution in [2.75, 3.05) is 43.1 Å². The zero-order valence-electron chi connectivity index (χ0n) is 19.5. The number of amides is 1. The third-order valence-electron chi connectivity index (χ3n) is 5.39. The molecule has 3 rings (SSSR count). The standard InChI is InChI=1S/C24H31N3O6S/c1-3-32-20-7-9-21(10-8-20)34(30,31)25-13-12-24(29)33-17-23(28)26-22-11-6-19(16-18(22)2)27-14-4-5-15-27/h6-11,16,25H,3-5,12-15,17H2,1-2H3,(H,26,28). The number of carbonyl (C=O) groups excluding carboxylic acids is 2. The molecule has 9 nitrogen and oxygen atoms in total. The third kappa shape index (κ3) is 7.19. The lowest BCUT2D eigenvalue weighted by molar-refractivity contribution is -0.147. The van der Waals surface area contributed by atoms with Gasteiger partial charge < -0.3 is 19.7 Å². The molecular weight excluding hydrogens is 458 g/mol. The molecule has 0 atom stereocenters. The number of ether oxygens (including phenoxy) is 2. The summed E-state index contributed by atoms with van der Waals surface area (Å²) in [6.07, 6.45) is 2.17. The maximum atomic E-state index is 12.3. The molecule has 1 amide bonds. The van der Waals surface area contributed by atoms with Crippen molar-refractivity contribution in [2.45, 2.75) is 38.0 Å². The van der Waals surface area contributed by atoms with Crippen LogP contribution in [0.3, 0.4) is 0 Å². The minimum atomic E-state index is -3.77. The number of aryl methyl sites for hydroxylation is 1. The van der Waals surface area contributed by atoms with E-state index in [0.717, 1.165) is 24.3 Å². The summed E-state index contributed by atoms with van der Waals surface area (Å²) in [7, 11) is -3.77. The monoisotopic (exact) mass is 489 g/mol. The average molecular weight is 490 g/mol. The summed E-state index contributed by atoms with van der Waals surface area (Å²) in [5, 5.41) is 2.74. The third-order valence-corrected chi connectivity index (χ3v) is 6.86. The van der Waals surface area contributed by atoms with Gasteiger partial charge in [-0.2, -0.15) is 0 Å². The van der Waals surface area contributed by atoms with Crippen LogP contribution in [-0.2, 0) is 24.3 Å². The summed E-state index contributed by atoms with van der Waals surface area (Å²) >= 11 is 0. The van der Waals surface area contributed by atoms with E-state index in [2.05, 4.69) is 14.9 Å². The van der Waals surface area contributed by atoms with E-state index in [9.17, 15) is 18.0 Å². The number of hydrogen-bond acceptors (Lipinski definition) is 7. The topological polar surface area (TPSA) is 114 Å². The maximum absolute atomic E-state index is 12.3. The van der Waals surface area contributed by atoms with E-state index < -0.39 is 28.5 Å². The number of nitrogens with one attached hydrogen (secondary N) is 2. The Morgan fingerprint density at radius 2 is 1.76 bits per heavy atom. The zero-order chi connectivity index (χ0) is 24.6. The highest BCUT2D eigenvalue weighted by molar-refractivity contribution is 7.89. The van der Waals surface area contributed by atoms with E-state index in [1.165, 1.54) is 25.0 Å². The molecule has 0 bridgehead atoms. The van der Waals surface area contributed by atoms with E-state index in [4.69, 9.17) is 9.47 Å². The lowest BCUT2D eigenvalue weighted by Gasteiger charge is -2.19. The number of sulfonamides is 1. The predicted octanol–water partition coefficient (Wildman–Crippen LogP) is 2.84. The van der Waals surface area contributed by atoms with Gasteiger partial charge in [0.1, 0.15) is 5.75 Å². The van der Waals surface area contributed by atoms with Gasteiger partial charge in [-0.15, -0.1) is 0 Å². The molecular formula is C24H31N3O6S. The molecule has 0 saturated carbocycles. The molecule has 0 spiro atoms. The van der Waals surface area contributed by atoms with Gasteiger partial charge in [-0.1, -0.05) is 0 Å². The molecule has 1 aliphatic heterocycles. The quantitative estimate of drug-likeness (QED) is 0.467. The number of nitrogens with zero attached hydrogens (tertiary/aromatic N) is 1. The Morgan fingerprint density at radius 1 is 1.06 bits per heavy atom. The fourth-order valence-electron chi connectivity index (χ4n) is 3.62. The van der Waals surface area contributed by atoms with Gasteiger partial charge in [-0.05, 0) is 74.7 Å². The van der Waals surface area contributed by atoms with Crippen LogP contribution in [-0.4, -0.2) is 53.1 Å². The largest absolute Gasteiger partial charge is 0.494 e. The second-order valence-corrected chi connectivity index (χ2v) is 9.72. The van der Waals surface area contributed by atoms with E-state index in [0.29, 0.717) is 18.0 Å². The van der Waals surface area contributed by atoms with Crippen LogP contribution in [0, 0.1) is 6.92 Å². The van der Waals surface area contributed by atoms with Crippen molar-refractivity contribution >= 4 is 33.3 Å². The second-order valence-electron chi connectivity index (χ2n) is 7.95. The number of anilines is 2. The van der Waals surface area contributed by atoms with Crippen LogP contribution in [0.25, 0.3) is 0 Å². The fraction of sp³-hybridized carbons (Fsp3) is 0.417. The van der Waals surface area contributed by atoms with Crippen LogP contribution in [0.2, 0.25) is 0 Å². The van der Waals surface area contributed by atoms with Gasteiger partial charge in [0.05, 0.1) is 17.9 Å².